The number of hydrogen-bond acceptors (Lipinski definition) is 7. The molecule has 0 amide bonds. The lowest BCUT2D eigenvalue weighted by atomic mass is 10.0. The molecule has 3 aromatic heterocycles. The molecule has 36 heavy (non-hydrogen) atoms. The van der Waals surface area contributed by atoms with Gasteiger partial charge < -0.3 is 18.6 Å². The first kappa shape index (κ1) is 22.3. The van der Waals surface area contributed by atoms with E-state index in [0.717, 1.165) is 18.9 Å². The van der Waals surface area contributed by atoms with Crippen molar-refractivity contribution in [2.75, 3.05) is 31.2 Å². The lowest BCUT2D eigenvalue weighted by Gasteiger charge is -2.27. The summed E-state index contributed by atoms with van der Waals surface area (Å²) in [5.41, 5.74) is 1.39. The molecule has 1 saturated heterocycles. The van der Waals surface area contributed by atoms with Crippen molar-refractivity contribution >= 4 is 28.0 Å². The Labute approximate surface area is 203 Å². The molecule has 1 aliphatic rings. The molecule has 1 aliphatic heterocycles. The van der Waals surface area contributed by atoms with E-state index >= 15 is 0 Å². The molecule has 0 N–H and O–H groups in total. The van der Waals surface area contributed by atoms with Crippen LogP contribution >= 0.6 is 0 Å². The van der Waals surface area contributed by atoms with Gasteiger partial charge >= 0.3 is 0 Å². The minimum Gasteiger partial charge on any atom is -0.460 e. The van der Waals surface area contributed by atoms with Gasteiger partial charge in [-0.3, -0.25) is 4.79 Å². The maximum atomic E-state index is 14.6. The van der Waals surface area contributed by atoms with Gasteiger partial charge in [0.2, 0.25) is 5.43 Å². The van der Waals surface area contributed by atoms with Crippen LogP contribution < -0.4 is 10.3 Å². The van der Waals surface area contributed by atoms with Crippen molar-refractivity contribution in [3.63, 3.8) is 0 Å². The number of ether oxygens (including phenoxy) is 1. The molecular weight excluding hydrogens is 468 g/mol. The average molecular weight is 489 g/mol. The van der Waals surface area contributed by atoms with E-state index in [-0.39, 0.29) is 23.0 Å². The number of rotatable bonds is 5. The van der Waals surface area contributed by atoms with E-state index in [1.54, 1.807) is 18.5 Å². The van der Waals surface area contributed by atoms with Gasteiger partial charge in [0.25, 0.3) is 0 Å². The number of imidazole rings is 1. The Hall–Kier alpha value is -4.18. The third kappa shape index (κ3) is 3.89. The van der Waals surface area contributed by atoms with Crippen molar-refractivity contribution < 1.29 is 17.9 Å². The minimum absolute atomic E-state index is 0.139. The summed E-state index contributed by atoms with van der Waals surface area (Å²) in [7, 11) is 0. The molecule has 4 heterocycles. The Kier molecular flexibility index (Phi) is 5.65. The summed E-state index contributed by atoms with van der Waals surface area (Å²) in [6.07, 6.45) is 3.45. The fraction of sp³-hybridized carbons (Fsp3) is 0.231. The summed E-state index contributed by atoms with van der Waals surface area (Å²) >= 11 is 0. The molecule has 0 aliphatic carbocycles. The molecule has 8 nitrogen and oxygen atoms in total. The summed E-state index contributed by atoms with van der Waals surface area (Å²) in [4.78, 5) is 28.9. The number of aromatic nitrogens is 4. The van der Waals surface area contributed by atoms with Crippen molar-refractivity contribution in [1.29, 1.82) is 0 Å². The highest BCUT2D eigenvalue weighted by Crippen LogP contribution is 2.28. The van der Waals surface area contributed by atoms with Crippen LogP contribution in [0.4, 0.5) is 14.6 Å². The number of hydrogen-bond donors (Lipinski definition) is 0. The maximum Gasteiger partial charge on any atom is 0.203 e. The quantitative estimate of drug-likeness (QED) is 0.369. The van der Waals surface area contributed by atoms with Crippen molar-refractivity contribution in [3.05, 3.63) is 82.7 Å². The summed E-state index contributed by atoms with van der Waals surface area (Å²) in [6.45, 7) is 3.05. The molecule has 6 rings (SSSR count). The predicted octanol–water partition coefficient (Wildman–Crippen LogP) is 3.96. The van der Waals surface area contributed by atoms with Crippen LogP contribution in [0, 0.1) is 11.6 Å². The number of nitrogens with zero attached hydrogens (tertiary/aromatic N) is 5. The van der Waals surface area contributed by atoms with Crippen LogP contribution in [0.1, 0.15) is 5.76 Å². The molecular formula is C26H21F2N5O3. The molecule has 2 aromatic carbocycles. The average Bonchev–Trinajstić information content (AvgIpc) is 3.31. The smallest absolute Gasteiger partial charge is 0.203 e. The molecule has 10 heteroatoms. The van der Waals surface area contributed by atoms with Crippen molar-refractivity contribution in [1.82, 2.24) is 19.5 Å². The summed E-state index contributed by atoms with van der Waals surface area (Å²) in [5, 5.41) is -0.156. The van der Waals surface area contributed by atoms with E-state index < -0.39 is 17.1 Å². The predicted molar refractivity (Wildman–Crippen MR) is 130 cm³/mol. The first-order valence-electron chi connectivity index (χ1n) is 11.6. The van der Waals surface area contributed by atoms with Crippen molar-refractivity contribution in [3.8, 4) is 11.1 Å². The Morgan fingerprint density at radius 3 is 2.67 bits per heavy atom. The van der Waals surface area contributed by atoms with E-state index in [1.807, 2.05) is 4.57 Å². The van der Waals surface area contributed by atoms with Gasteiger partial charge in [0, 0.05) is 26.1 Å². The zero-order chi connectivity index (χ0) is 24.6. The standard InChI is InChI=1S/C26H21F2N5O3/c27-17-4-1-3-16(13-17)21-20(36-19-6-2-5-18(28)22(19)24(21)34)7-8-33-15-31-23-25(29-14-30-26(23)33)32-9-11-35-12-10-32/h1-6,13-15H,7-12H2. The fourth-order valence-electron chi connectivity index (χ4n) is 4.62. The van der Waals surface area contributed by atoms with Gasteiger partial charge in [0.05, 0.1) is 25.1 Å². The fourth-order valence-corrected chi connectivity index (χ4v) is 4.62. The number of aryl methyl sites for hydroxylation is 2. The van der Waals surface area contributed by atoms with E-state index in [1.165, 1.54) is 36.7 Å². The minimum atomic E-state index is -0.682. The molecule has 0 atom stereocenters. The SMILES string of the molecule is O=c1c(-c2cccc(F)c2)c(CCn2cnc3c(N4CCOCC4)ncnc32)oc2cccc(F)c12. The van der Waals surface area contributed by atoms with Gasteiger partial charge in [-0.2, -0.15) is 0 Å². The van der Waals surface area contributed by atoms with Gasteiger partial charge in [0.1, 0.15) is 34.7 Å². The second-order valence-electron chi connectivity index (χ2n) is 8.51. The molecule has 0 unspecified atom stereocenters. The van der Waals surface area contributed by atoms with Crippen LogP contribution in [0.15, 0.2) is 64.3 Å². The number of anilines is 1. The van der Waals surface area contributed by atoms with Gasteiger partial charge in [-0.25, -0.2) is 23.7 Å². The molecule has 182 valence electrons. The molecule has 5 aromatic rings. The zero-order valence-electron chi connectivity index (χ0n) is 19.2. The lowest BCUT2D eigenvalue weighted by molar-refractivity contribution is 0.122. The van der Waals surface area contributed by atoms with E-state index in [9.17, 15) is 13.6 Å². The Morgan fingerprint density at radius 2 is 1.83 bits per heavy atom. The lowest BCUT2D eigenvalue weighted by Crippen LogP contribution is -2.36. The van der Waals surface area contributed by atoms with Crippen molar-refractivity contribution in [2.45, 2.75) is 13.0 Å². The van der Waals surface area contributed by atoms with E-state index in [0.29, 0.717) is 42.2 Å². The molecule has 0 bridgehead atoms. The molecule has 0 spiro atoms. The maximum absolute atomic E-state index is 14.6. The number of fused-ring (bicyclic) bond motifs is 2. The summed E-state index contributed by atoms with van der Waals surface area (Å²) in [6, 6.07) is 9.89. The number of halogens is 2. The number of morpholine rings is 1. The highest BCUT2D eigenvalue weighted by Gasteiger charge is 2.21. The first-order chi connectivity index (χ1) is 17.6. The molecule has 0 saturated carbocycles. The largest absolute Gasteiger partial charge is 0.460 e. The van der Waals surface area contributed by atoms with Gasteiger partial charge in [0.15, 0.2) is 17.0 Å². The first-order valence-corrected chi connectivity index (χ1v) is 11.6. The summed E-state index contributed by atoms with van der Waals surface area (Å²) in [5.74, 6) is -0.110. The topological polar surface area (TPSA) is 86.3 Å². The van der Waals surface area contributed by atoms with Crippen LogP contribution in [0.5, 0.6) is 0 Å². The van der Waals surface area contributed by atoms with Crippen LogP contribution in [0.3, 0.4) is 0 Å². The highest BCUT2D eigenvalue weighted by atomic mass is 19.1. The van der Waals surface area contributed by atoms with Gasteiger partial charge in [-0.1, -0.05) is 18.2 Å². The normalized spacial score (nSPS) is 14.1. The monoisotopic (exact) mass is 489 g/mol. The highest BCUT2D eigenvalue weighted by molar-refractivity contribution is 5.84. The summed E-state index contributed by atoms with van der Waals surface area (Å²) < 4.78 is 41.9. The zero-order valence-corrected chi connectivity index (χ0v) is 19.2. The van der Waals surface area contributed by atoms with Crippen LogP contribution in [-0.4, -0.2) is 45.8 Å². The Bertz CT molecular complexity index is 1640. The van der Waals surface area contributed by atoms with Crippen molar-refractivity contribution in [2.24, 2.45) is 0 Å². The Balaban J connectivity index is 1.41. The second kappa shape index (κ2) is 9.12. The molecule has 1 fully saturated rings. The van der Waals surface area contributed by atoms with Crippen LogP contribution in [-0.2, 0) is 17.7 Å². The number of benzene rings is 2. The third-order valence-electron chi connectivity index (χ3n) is 6.33. The van der Waals surface area contributed by atoms with E-state index in [4.69, 9.17) is 9.15 Å². The van der Waals surface area contributed by atoms with Crippen LogP contribution in [0.25, 0.3) is 33.3 Å². The van der Waals surface area contributed by atoms with E-state index in [2.05, 4.69) is 19.9 Å². The Morgan fingerprint density at radius 1 is 1.00 bits per heavy atom. The second-order valence-corrected chi connectivity index (χ2v) is 8.51. The van der Waals surface area contributed by atoms with Gasteiger partial charge in [-0.05, 0) is 29.8 Å². The molecule has 0 radical (unpaired) electrons. The third-order valence-corrected chi connectivity index (χ3v) is 6.33. The van der Waals surface area contributed by atoms with Crippen LogP contribution in [0.2, 0.25) is 0 Å². The van der Waals surface area contributed by atoms with Gasteiger partial charge in [-0.15, -0.1) is 0 Å².